The van der Waals surface area contributed by atoms with Crippen LogP contribution in [0.5, 0.6) is 23.0 Å². The van der Waals surface area contributed by atoms with Crippen molar-refractivity contribution in [3.63, 3.8) is 0 Å². The number of fused-ring (bicyclic) bond motifs is 8. The van der Waals surface area contributed by atoms with Gasteiger partial charge in [-0.15, -0.1) is 0 Å². The van der Waals surface area contributed by atoms with Gasteiger partial charge in [-0.1, -0.05) is 124 Å². The second kappa shape index (κ2) is 27.0. The molecule has 0 atom stereocenters. The van der Waals surface area contributed by atoms with Crippen molar-refractivity contribution in [1.29, 1.82) is 0 Å². The van der Waals surface area contributed by atoms with Gasteiger partial charge in [-0.25, -0.2) is 9.59 Å². The van der Waals surface area contributed by atoms with Crippen LogP contribution in [0.1, 0.15) is 133 Å². The molecule has 0 spiro atoms. The molecule has 10 nitrogen and oxygen atoms in total. The smallest absolute Gasteiger partial charge is 0.411 e. The Kier molecular flexibility index (Phi) is 19.9. The van der Waals surface area contributed by atoms with E-state index < -0.39 is 12.2 Å². The van der Waals surface area contributed by atoms with Crippen molar-refractivity contribution in [3.05, 3.63) is 176 Å². The lowest BCUT2D eigenvalue weighted by Gasteiger charge is -2.24. The predicted octanol–water partition coefficient (Wildman–Crippen LogP) is 14.5. The molecular weight excluding hydrogens is 901 g/mol. The van der Waals surface area contributed by atoms with Gasteiger partial charge in [0.15, 0.2) is 0 Å². The largest absolute Gasteiger partial charge is 0.493 e. The highest BCUT2D eigenvalue weighted by Crippen LogP contribution is 2.40. The van der Waals surface area contributed by atoms with Gasteiger partial charge in [0.05, 0.1) is 39.6 Å². The summed E-state index contributed by atoms with van der Waals surface area (Å²) in [5, 5.41) is 5.69. The molecule has 2 amide bonds. The first-order valence-corrected chi connectivity index (χ1v) is 26.2. The molecule has 1 aliphatic rings. The van der Waals surface area contributed by atoms with E-state index in [1.807, 2.05) is 62.4 Å². The molecule has 6 aromatic rings. The van der Waals surface area contributed by atoms with Crippen molar-refractivity contribution in [1.82, 2.24) is 0 Å². The second-order valence-electron chi connectivity index (χ2n) is 18.9. The first-order valence-electron chi connectivity index (χ1n) is 26.2. The summed E-state index contributed by atoms with van der Waals surface area (Å²) in [5.74, 6) is 3.55. The highest BCUT2D eigenvalue weighted by Gasteiger charge is 2.23. The number of aryl methyl sites for hydroxylation is 4. The summed E-state index contributed by atoms with van der Waals surface area (Å²) in [6.07, 6.45) is 7.56. The van der Waals surface area contributed by atoms with Gasteiger partial charge in [0.1, 0.15) is 23.0 Å². The molecule has 2 N–H and O–H groups in total. The Morgan fingerprint density at radius 2 is 0.694 bits per heavy atom. The Balaban J connectivity index is 1.27. The van der Waals surface area contributed by atoms with Crippen LogP contribution in [0.25, 0.3) is 0 Å². The first kappa shape index (κ1) is 52.9. The number of nitrogens with one attached hydrogen (secondary N) is 2. The van der Waals surface area contributed by atoms with Crippen LogP contribution in [0.4, 0.5) is 21.0 Å². The van der Waals surface area contributed by atoms with Crippen molar-refractivity contribution in [2.75, 3.05) is 50.3 Å². The number of amides is 2. The minimum absolute atomic E-state index is 0.274. The maximum atomic E-state index is 12.8. The monoisotopic (exact) mass is 975 g/mol. The summed E-state index contributed by atoms with van der Waals surface area (Å²) in [5.41, 5.74) is 14.6. The van der Waals surface area contributed by atoms with E-state index in [1.54, 1.807) is 0 Å². The number of carbonyl (C=O) groups excluding carboxylic acids is 2. The number of benzene rings is 6. The van der Waals surface area contributed by atoms with Crippen LogP contribution in [0.2, 0.25) is 0 Å². The highest BCUT2D eigenvalue weighted by atomic mass is 16.6. The molecule has 72 heavy (non-hydrogen) atoms. The van der Waals surface area contributed by atoms with E-state index in [1.165, 1.54) is 0 Å². The molecule has 7 rings (SSSR count). The Morgan fingerprint density at radius 1 is 0.403 bits per heavy atom. The van der Waals surface area contributed by atoms with Crippen molar-refractivity contribution in [2.24, 2.45) is 0 Å². The van der Waals surface area contributed by atoms with E-state index in [0.717, 1.165) is 115 Å². The normalized spacial score (nSPS) is 11.9. The molecule has 0 saturated heterocycles. The average molecular weight is 975 g/mol. The Hall–Kier alpha value is -6.94. The zero-order chi connectivity index (χ0) is 50.7. The van der Waals surface area contributed by atoms with Crippen molar-refractivity contribution in [3.8, 4) is 23.0 Å². The fraction of sp³-hybridized carbons (Fsp3) is 0.387. The van der Waals surface area contributed by atoms with E-state index in [9.17, 15) is 9.59 Å². The lowest BCUT2D eigenvalue weighted by molar-refractivity contribution is 0.159. The summed E-state index contributed by atoms with van der Waals surface area (Å²) < 4.78 is 38.5. The van der Waals surface area contributed by atoms with E-state index in [2.05, 4.69) is 99.0 Å². The summed E-state index contributed by atoms with van der Waals surface area (Å²) in [7, 11) is 0. The van der Waals surface area contributed by atoms with Crippen LogP contribution in [0.3, 0.4) is 0 Å². The van der Waals surface area contributed by atoms with Gasteiger partial charge in [-0.05, 0) is 145 Å². The van der Waals surface area contributed by atoms with Gasteiger partial charge >= 0.3 is 12.2 Å². The fourth-order valence-electron chi connectivity index (χ4n) is 9.14. The quantitative estimate of drug-likeness (QED) is 0.0646. The first-order chi connectivity index (χ1) is 35.1. The number of para-hydroxylation sites is 2. The molecule has 0 aliphatic heterocycles. The zero-order valence-electron chi connectivity index (χ0n) is 43.4. The molecule has 1 aliphatic carbocycles. The van der Waals surface area contributed by atoms with Crippen LogP contribution in [0.15, 0.2) is 109 Å². The molecule has 0 radical (unpaired) electrons. The van der Waals surface area contributed by atoms with Crippen LogP contribution in [0, 0.1) is 13.8 Å². The minimum atomic E-state index is -0.465. The SMILES string of the molecule is CCCOc1c2cccc1Cc1cc(CCCOC(=O)Nc3ccc(C)cc3)cc(c1OCCC)Cc1cccc(c1OCCC)Cc1cc(CCCOC(=O)Nc3ccc(C)cc3)cc(c1OCCC)C2. The molecule has 0 unspecified atom stereocenters. The third kappa shape index (κ3) is 15.0. The molecule has 0 saturated carbocycles. The highest BCUT2D eigenvalue weighted by molar-refractivity contribution is 5.85. The summed E-state index contributed by atoms with van der Waals surface area (Å²) in [6, 6.07) is 37.4. The lowest BCUT2D eigenvalue weighted by Crippen LogP contribution is -2.15. The van der Waals surface area contributed by atoms with E-state index >= 15 is 0 Å². The Morgan fingerprint density at radius 3 is 0.986 bits per heavy atom. The average Bonchev–Trinajstić information content (AvgIpc) is 3.37. The molecule has 8 bridgehead atoms. The summed E-state index contributed by atoms with van der Waals surface area (Å²) in [6.45, 7) is 15.4. The van der Waals surface area contributed by atoms with Crippen LogP contribution < -0.4 is 29.6 Å². The Labute approximate surface area is 427 Å². The van der Waals surface area contributed by atoms with E-state index in [0.29, 0.717) is 89.2 Å². The van der Waals surface area contributed by atoms with Crippen LogP contribution in [-0.4, -0.2) is 51.8 Å². The second-order valence-corrected chi connectivity index (χ2v) is 18.9. The standard InChI is InChI=1S/C62H74N2O8/c1-7-29-67-57-47-17-11-18-48(57)40-52-36-46(16-14-34-72-62(66)64-56-27-23-44(6)24-28-56)38-54(60(52)70-32-10-4)42-50-20-12-19-49(58(50)68-30-8-2)41-53-37-45(35-51(39-47)59(53)69-31-9-3)15-13-33-71-61(65)63-55-25-21-43(5)22-26-55/h11-12,17-28,35-38H,7-10,13-16,29-34,39-42H2,1-6H3,(H,63,65)(H,64,66). The molecule has 0 fully saturated rings. The summed E-state index contributed by atoms with van der Waals surface area (Å²) in [4.78, 5) is 25.6. The van der Waals surface area contributed by atoms with E-state index in [-0.39, 0.29) is 13.2 Å². The van der Waals surface area contributed by atoms with Crippen LogP contribution in [-0.2, 0) is 48.0 Å². The number of anilines is 2. The predicted molar refractivity (Wildman–Crippen MR) is 289 cm³/mol. The van der Waals surface area contributed by atoms with Gasteiger partial charge in [-0.3, -0.25) is 10.6 Å². The molecule has 0 aromatic heterocycles. The van der Waals surface area contributed by atoms with Gasteiger partial charge in [0.25, 0.3) is 0 Å². The number of hydrogen-bond donors (Lipinski definition) is 2. The summed E-state index contributed by atoms with van der Waals surface area (Å²) >= 11 is 0. The lowest BCUT2D eigenvalue weighted by atomic mass is 9.89. The van der Waals surface area contributed by atoms with Crippen molar-refractivity contribution >= 4 is 23.6 Å². The van der Waals surface area contributed by atoms with Gasteiger partial charge in [0, 0.05) is 37.1 Å². The minimum Gasteiger partial charge on any atom is -0.493 e. The number of rotatable bonds is 22. The van der Waals surface area contributed by atoms with Crippen molar-refractivity contribution < 1.29 is 38.0 Å². The number of hydrogen-bond acceptors (Lipinski definition) is 8. The maximum absolute atomic E-state index is 12.8. The molecule has 6 aromatic carbocycles. The van der Waals surface area contributed by atoms with Crippen molar-refractivity contribution in [2.45, 2.75) is 119 Å². The fourth-order valence-corrected chi connectivity index (χ4v) is 9.14. The molecular formula is C62H74N2O8. The molecule has 10 heteroatoms. The third-order valence-electron chi connectivity index (χ3n) is 12.6. The number of carbonyl (C=O) groups is 2. The maximum Gasteiger partial charge on any atom is 0.411 e. The van der Waals surface area contributed by atoms with Gasteiger partial charge in [-0.2, -0.15) is 0 Å². The molecule has 0 heterocycles. The third-order valence-corrected chi connectivity index (χ3v) is 12.6. The van der Waals surface area contributed by atoms with Gasteiger partial charge < -0.3 is 28.4 Å². The Bertz CT molecular complexity index is 2440. The van der Waals surface area contributed by atoms with E-state index in [4.69, 9.17) is 28.4 Å². The topological polar surface area (TPSA) is 114 Å². The van der Waals surface area contributed by atoms with Gasteiger partial charge in [0.2, 0.25) is 0 Å². The van der Waals surface area contributed by atoms with Crippen LogP contribution >= 0.6 is 0 Å². The zero-order valence-corrected chi connectivity index (χ0v) is 43.4. The molecule has 380 valence electrons. The number of ether oxygens (including phenoxy) is 6.